The predicted octanol–water partition coefficient (Wildman–Crippen LogP) is 3.75. The summed E-state index contributed by atoms with van der Waals surface area (Å²) in [5.74, 6) is 1.44. The molecule has 2 fully saturated rings. The molecule has 1 atom stereocenters. The minimum absolute atomic E-state index is 0.0242. The van der Waals surface area contributed by atoms with Crippen LogP contribution in [0.25, 0.3) is 0 Å². The molecular formula is C26H35N5O2. The largest absolute Gasteiger partial charge is 0.333 e. The second-order valence-corrected chi connectivity index (χ2v) is 10.00. The Morgan fingerprint density at radius 1 is 1.03 bits per heavy atom. The second kappa shape index (κ2) is 10.2. The maximum Gasteiger partial charge on any atom is 0.254 e. The number of carbonyl (C=O) groups excluding carboxylic acids is 1. The third kappa shape index (κ3) is 5.18. The number of aromatic amines is 1. The lowest BCUT2D eigenvalue weighted by Crippen LogP contribution is -2.42. The average molecular weight is 450 g/mol. The Labute approximate surface area is 195 Å². The number of pyridine rings is 1. The van der Waals surface area contributed by atoms with Crippen molar-refractivity contribution in [2.24, 2.45) is 5.92 Å². The first-order valence-electron chi connectivity index (χ1n) is 12.7. The standard InChI is InChI=1S/C26H35N5O2/c32-24(16-19-6-2-1-3-7-19)31-14-5-4-8-23(31)25-28-22-18-30(15-11-21(22)26(33)29-25)17-20-9-12-27-13-10-20/h9-10,12-13,19,23H,1-8,11,14-18H2,(H,28,29,33)/t23-/m0/s1. The van der Waals surface area contributed by atoms with Gasteiger partial charge in [-0.15, -0.1) is 0 Å². The number of nitrogens with zero attached hydrogens (tertiary/aromatic N) is 4. The molecule has 0 spiro atoms. The van der Waals surface area contributed by atoms with Gasteiger partial charge in [0.25, 0.3) is 5.56 Å². The van der Waals surface area contributed by atoms with E-state index in [9.17, 15) is 9.59 Å². The van der Waals surface area contributed by atoms with Crippen molar-refractivity contribution in [3.8, 4) is 0 Å². The molecule has 2 aliphatic heterocycles. The van der Waals surface area contributed by atoms with Crippen LogP contribution in [0.2, 0.25) is 0 Å². The summed E-state index contributed by atoms with van der Waals surface area (Å²) >= 11 is 0. The summed E-state index contributed by atoms with van der Waals surface area (Å²) in [4.78, 5) is 42.7. The normalized spacial score (nSPS) is 22.2. The Bertz CT molecular complexity index is 1020. The first-order chi connectivity index (χ1) is 16.2. The van der Waals surface area contributed by atoms with E-state index in [0.717, 1.165) is 50.2 Å². The number of aromatic nitrogens is 3. The van der Waals surface area contributed by atoms with Crippen molar-refractivity contribution in [3.05, 3.63) is 57.5 Å². The van der Waals surface area contributed by atoms with Gasteiger partial charge in [-0.1, -0.05) is 19.3 Å². The summed E-state index contributed by atoms with van der Waals surface area (Å²) in [5.41, 5.74) is 2.87. The van der Waals surface area contributed by atoms with Crippen molar-refractivity contribution >= 4 is 5.91 Å². The van der Waals surface area contributed by atoms with Crippen molar-refractivity contribution in [2.75, 3.05) is 13.1 Å². The van der Waals surface area contributed by atoms with Crippen LogP contribution in [-0.4, -0.2) is 43.7 Å². The topological polar surface area (TPSA) is 82.2 Å². The van der Waals surface area contributed by atoms with Crippen LogP contribution in [0.4, 0.5) is 0 Å². The lowest BCUT2D eigenvalue weighted by atomic mass is 9.86. The number of hydrogen-bond acceptors (Lipinski definition) is 5. The van der Waals surface area contributed by atoms with Crippen molar-refractivity contribution < 1.29 is 4.79 Å². The van der Waals surface area contributed by atoms with Crippen molar-refractivity contribution in [1.82, 2.24) is 24.8 Å². The monoisotopic (exact) mass is 449 g/mol. The third-order valence-electron chi connectivity index (χ3n) is 7.65. The maximum atomic E-state index is 13.3. The molecule has 0 unspecified atom stereocenters. The van der Waals surface area contributed by atoms with Crippen LogP contribution in [0.5, 0.6) is 0 Å². The molecule has 1 saturated carbocycles. The Morgan fingerprint density at radius 2 is 1.82 bits per heavy atom. The number of piperidine rings is 1. The first kappa shape index (κ1) is 22.3. The summed E-state index contributed by atoms with van der Waals surface area (Å²) in [6.07, 6.45) is 14.1. The van der Waals surface area contributed by atoms with Gasteiger partial charge in [0.2, 0.25) is 5.91 Å². The number of hydrogen-bond donors (Lipinski definition) is 1. The summed E-state index contributed by atoms with van der Waals surface area (Å²) in [7, 11) is 0. The molecule has 0 bridgehead atoms. The van der Waals surface area contributed by atoms with Crippen LogP contribution in [0.3, 0.4) is 0 Å². The minimum atomic E-state index is -0.108. The zero-order chi connectivity index (χ0) is 22.6. The zero-order valence-electron chi connectivity index (χ0n) is 19.5. The Kier molecular flexibility index (Phi) is 6.85. The van der Waals surface area contributed by atoms with Gasteiger partial charge in [-0.25, -0.2) is 4.98 Å². The van der Waals surface area contributed by atoms with Gasteiger partial charge in [0.1, 0.15) is 5.82 Å². The van der Waals surface area contributed by atoms with E-state index in [1.54, 1.807) is 0 Å². The number of carbonyl (C=O) groups is 1. The number of likely N-dealkylation sites (tertiary alicyclic amines) is 1. The molecule has 5 rings (SSSR count). The Balaban J connectivity index is 1.33. The smallest absolute Gasteiger partial charge is 0.254 e. The molecule has 7 heteroatoms. The van der Waals surface area contributed by atoms with Crippen LogP contribution >= 0.6 is 0 Å². The molecule has 0 aromatic carbocycles. The van der Waals surface area contributed by atoms with E-state index in [-0.39, 0.29) is 17.5 Å². The maximum absolute atomic E-state index is 13.3. The van der Waals surface area contributed by atoms with E-state index in [2.05, 4.69) is 14.9 Å². The van der Waals surface area contributed by atoms with Crippen LogP contribution < -0.4 is 5.56 Å². The molecule has 2 aromatic heterocycles. The van der Waals surface area contributed by atoms with Gasteiger partial charge in [0.15, 0.2) is 0 Å². The highest BCUT2D eigenvalue weighted by atomic mass is 16.2. The van der Waals surface area contributed by atoms with Gasteiger partial charge in [-0.3, -0.25) is 19.5 Å². The fraction of sp³-hybridized carbons (Fsp3) is 0.615. The van der Waals surface area contributed by atoms with E-state index in [4.69, 9.17) is 4.98 Å². The minimum Gasteiger partial charge on any atom is -0.333 e. The van der Waals surface area contributed by atoms with Crippen LogP contribution in [0, 0.1) is 5.92 Å². The molecule has 7 nitrogen and oxygen atoms in total. The van der Waals surface area contributed by atoms with E-state index >= 15 is 0 Å². The van der Waals surface area contributed by atoms with Gasteiger partial charge in [0, 0.05) is 50.6 Å². The van der Waals surface area contributed by atoms with E-state index in [1.165, 1.54) is 37.7 Å². The molecule has 0 radical (unpaired) electrons. The quantitative estimate of drug-likeness (QED) is 0.752. The summed E-state index contributed by atoms with van der Waals surface area (Å²) in [5, 5.41) is 0. The highest BCUT2D eigenvalue weighted by molar-refractivity contribution is 5.77. The van der Waals surface area contributed by atoms with Crippen molar-refractivity contribution in [3.63, 3.8) is 0 Å². The fourth-order valence-electron chi connectivity index (χ4n) is 5.82. The lowest BCUT2D eigenvalue weighted by Gasteiger charge is -2.37. The average Bonchev–Trinajstić information content (AvgIpc) is 2.85. The van der Waals surface area contributed by atoms with Gasteiger partial charge in [-0.05, 0) is 62.1 Å². The van der Waals surface area contributed by atoms with Crippen LogP contribution in [-0.2, 0) is 24.3 Å². The summed E-state index contributed by atoms with van der Waals surface area (Å²) < 4.78 is 0. The third-order valence-corrected chi connectivity index (χ3v) is 7.65. The number of fused-ring (bicyclic) bond motifs is 1. The number of amides is 1. The van der Waals surface area contributed by atoms with Gasteiger partial charge >= 0.3 is 0 Å². The molecule has 1 amide bonds. The fourth-order valence-corrected chi connectivity index (χ4v) is 5.82. The van der Waals surface area contributed by atoms with E-state index in [0.29, 0.717) is 31.1 Å². The van der Waals surface area contributed by atoms with Crippen molar-refractivity contribution in [2.45, 2.75) is 83.3 Å². The van der Waals surface area contributed by atoms with Crippen LogP contribution in [0.1, 0.15) is 86.5 Å². The summed E-state index contributed by atoms with van der Waals surface area (Å²) in [6.45, 7) is 3.10. The molecule has 2 aromatic rings. The Hall–Kier alpha value is -2.54. The molecule has 176 valence electrons. The molecule has 4 heterocycles. The van der Waals surface area contributed by atoms with Gasteiger partial charge < -0.3 is 9.88 Å². The first-order valence-corrected chi connectivity index (χ1v) is 12.7. The number of rotatable bonds is 5. The molecule has 1 aliphatic carbocycles. The van der Waals surface area contributed by atoms with Gasteiger partial charge in [0.05, 0.1) is 11.7 Å². The van der Waals surface area contributed by atoms with E-state index < -0.39 is 0 Å². The number of nitrogens with one attached hydrogen (secondary N) is 1. The lowest BCUT2D eigenvalue weighted by molar-refractivity contribution is -0.136. The highest BCUT2D eigenvalue weighted by Gasteiger charge is 2.32. The Morgan fingerprint density at radius 3 is 2.64 bits per heavy atom. The number of H-pyrrole nitrogens is 1. The predicted molar refractivity (Wildman–Crippen MR) is 126 cm³/mol. The highest BCUT2D eigenvalue weighted by Crippen LogP contribution is 2.33. The molecule has 1 N–H and O–H groups in total. The second-order valence-electron chi connectivity index (χ2n) is 10.00. The van der Waals surface area contributed by atoms with Crippen LogP contribution in [0.15, 0.2) is 29.3 Å². The molecule has 1 saturated heterocycles. The zero-order valence-corrected chi connectivity index (χ0v) is 19.5. The molecular weight excluding hydrogens is 414 g/mol. The summed E-state index contributed by atoms with van der Waals surface area (Å²) in [6, 6.07) is 3.96. The SMILES string of the molecule is O=C(CC1CCCCC1)N1CCCC[C@H]1c1nc2c(c(=O)[nH]1)CCN(Cc1ccncc1)C2. The van der Waals surface area contributed by atoms with Crippen molar-refractivity contribution in [1.29, 1.82) is 0 Å². The molecule has 3 aliphatic rings. The molecule has 33 heavy (non-hydrogen) atoms. The van der Waals surface area contributed by atoms with Gasteiger partial charge in [-0.2, -0.15) is 0 Å². The van der Waals surface area contributed by atoms with E-state index in [1.807, 2.05) is 29.4 Å².